The lowest BCUT2D eigenvalue weighted by molar-refractivity contribution is 0.856. The molecule has 282 valence electrons. The predicted molar refractivity (Wildman–Crippen MR) is 250 cm³/mol. The average molecular weight is 756 g/mol. The maximum absolute atomic E-state index is 5.46. The van der Waals surface area contributed by atoms with Gasteiger partial charge in [-0.25, -0.2) is 0 Å². The molecule has 1 nitrogen and oxygen atoms in total. The molecule has 59 heavy (non-hydrogen) atoms. The van der Waals surface area contributed by atoms with Gasteiger partial charge < -0.3 is 0 Å². The molecule has 0 radical (unpaired) electrons. The first-order chi connectivity index (χ1) is 29.3. The lowest BCUT2D eigenvalue weighted by Gasteiger charge is -2.30. The molecule has 6 aromatic carbocycles. The summed E-state index contributed by atoms with van der Waals surface area (Å²) in [5.74, 6) is 0.633. The van der Waals surface area contributed by atoms with Crippen molar-refractivity contribution in [3.63, 3.8) is 0 Å². The highest BCUT2D eigenvalue weighted by atomic mass is 14.8. The van der Waals surface area contributed by atoms with Crippen LogP contribution >= 0.6 is 0 Å². The maximum Gasteiger partial charge on any atom is 0.0681 e. The minimum Gasteiger partial charge on any atom is -0.251 e. The van der Waals surface area contributed by atoms with Gasteiger partial charge in [0.05, 0.1) is 17.3 Å². The molecule has 0 amide bonds. The van der Waals surface area contributed by atoms with Crippen molar-refractivity contribution in [2.45, 2.75) is 56.8 Å². The van der Waals surface area contributed by atoms with Crippen LogP contribution in [0.25, 0.3) is 50.3 Å². The van der Waals surface area contributed by atoms with Crippen LogP contribution in [-0.4, -0.2) is 5.71 Å². The Labute approximate surface area is 347 Å². The summed E-state index contributed by atoms with van der Waals surface area (Å²) in [4.78, 5) is 5.46. The summed E-state index contributed by atoms with van der Waals surface area (Å²) in [7, 11) is 0. The third-order valence-corrected chi connectivity index (χ3v) is 13.8. The first-order valence-corrected chi connectivity index (χ1v) is 21.7. The number of allylic oxidation sites excluding steroid dienone is 13. The monoisotopic (exact) mass is 755 g/mol. The summed E-state index contributed by atoms with van der Waals surface area (Å²) in [6.45, 7) is 0. The Morgan fingerprint density at radius 2 is 1.31 bits per heavy atom. The molecule has 0 saturated carbocycles. The van der Waals surface area contributed by atoms with Crippen molar-refractivity contribution >= 4 is 50.5 Å². The van der Waals surface area contributed by atoms with E-state index in [0.29, 0.717) is 5.92 Å². The summed E-state index contributed by atoms with van der Waals surface area (Å²) >= 11 is 0. The van der Waals surface area contributed by atoms with Crippen molar-refractivity contribution in [1.82, 2.24) is 0 Å². The molecule has 0 spiro atoms. The molecule has 0 bridgehead atoms. The van der Waals surface area contributed by atoms with Crippen LogP contribution in [0.4, 0.5) is 5.69 Å². The van der Waals surface area contributed by atoms with Crippen LogP contribution < -0.4 is 0 Å². The number of rotatable bonds is 5. The molecule has 0 aromatic heterocycles. The van der Waals surface area contributed by atoms with E-state index >= 15 is 0 Å². The Morgan fingerprint density at radius 3 is 2.14 bits per heavy atom. The summed E-state index contributed by atoms with van der Waals surface area (Å²) in [6, 6.07) is 45.2. The summed E-state index contributed by atoms with van der Waals surface area (Å²) < 4.78 is 0. The van der Waals surface area contributed by atoms with Gasteiger partial charge in [0.25, 0.3) is 0 Å². The molecule has 6 aliphatic rings. The Hall–Kier alpha value is -6.57. The zero-order valence-electron chi connectivity index (χ0n) is 33.3. The molecule has 1 aliphatic heterocycles. The second-order valence-electron chi connectivity index (χ2n) is 17.0. The van der Waals surface area contributed by atoms with Gasteiger partial charge in [-0.1, -0.05) is 164 Å². The smallest absolute Gasteiger partial charge is 0.0681 e. The van der Waals surface area contributed by atoms with E-state index in [9.17, 15) is 0 Å². The first kappa shape index (κ1) is 34.5. The van der Waals surface area contributed by atoms with E-state index in [-0.39, 0.29) is 5.92 Å². The quantitative estimate of drug-likeness (QED) is 0.166. The van der Waals surface area contributed by atoms with Gasteiger partial charge in [-0.05, 0) is 151 Å². The first-order valence-electron chi connectivity index (χ1n) is 21.7. The van der Waals surface area contributed by atoms with Crippen LogP contribution in [0.2, 0.25) is 0 Å². The lowest BCUT2D eigenvalue weighted by Crippen LogP contribution is -2.21. The second-order valence-corrected chi connectivity index (χ2v) is 17.0. The van der Waals surface area contributed by atoms with Crippen LogP contribution in [0.5, 0.6) is 0 Å². The van der Waals surface area contributed by atoms with Crippen LogP contribution in [0.15, 0.2) is 181 Å². The molecule has 0 N–H and O–H groups in total. The van der Waals surface area contributed by atoms with Crippen molar-refractivity contribution in [2.75, 3.05) is 0 Å². The van der Waals surface area contributed by atoms with Gasteiger partial charge in [-0.15, -0.1) is 0 Å². The third-order valence-electron chi connectivity index (χ3n) is 13.8. The molecule has 0 fully saturated rings. The molecular formula is C58H45N. The topological polar surface area (TPSA) is 12.4 Å². The molecule has 1 heterocycles. The highest BCUT2D eigenvalue weighted by molar-refractivity contribution is 6.18. The molecule has 12 rings (SSSR count). The number of hydrogen-bond acceptors (Lipinski definition) is 1. The Bertz CT molecular complexity index is 2990. The van der Waals surface area contributed by atoms with Crippen molar-refractivity contribution in [2.24, 2.45) is 4.99 Å². The Balaban J connectivity index is 1.02. The van der Waals surface area contributed by atoms with Gasteiger partial charge in [0.15, 0.2) is 0 Å². The van der Waals surface area contributed by atoms with E-state index < -0.39 is 0 Å². The summed E-state index contributed by atoms with van der Waals surface area (Å²) in [5.41, 5.74) is 24.4. The van der Waals surface area contributed by atoms with E-state index in [1.165, 1.54) is 106 Å². The Morgan fingerprint density at radius 1 is 0.559 bits per heavy atom. The standard InChI is InChI=1S/C58H45N/c1-3-13-37(14-4-1)39-23-27-41(28-24-39)55-48-20-10-11-21-49(48)56(42-29-25-40(26-30-42)38-15-5-2-6-16-38)53-35-43(31-33-50(53)55)44-32-34-52-54(36-44)59-58-51-22-12-8-18-46(51)45-17-7-9-19-47(45)57(52)58/h1-8,11-18,21-23,25,27,29-36,40,57H,9-10,19-20,24,26,28H2. The Kier molecular flexibility index (Phi) is 8.22. The SMILES string of the molecule is C1=CC2=C(CC1)C1C(=Nc3cc(-c4ccc5c(C6=CC=C(c7ccccc7)CC6)c6c(c(C7=CCC(c8ccccc8)C=C7)c5c4)C=CCC6)ccc31)c1ccccc12. The van der Waals surface area contributed by atoms with Crippen molar-refractivity contribution in [3.8, 4) is 11.1 Å². The normalized spacial score (nSPS) is 19.9. The van der Waals surface area contributed by atoms with Crippen molar-refractivity contribution in [1.29, 1.82) is 0 Å². The largest absolute Gasteiger partial charge is 0.251 e. The fourth-order valence-corrected chi connectivity index (χ4v) is 10.9. The molecule has 6 aromatic rings. The molecule has 1 heteroatoms. The lowest BCUT2D eigenvalue weighted by atomic mass is 9.72. The third kappa shape index (κ3) is 5.70. The molecule has 5 aliphatic carbocycles. The minimum atomic E-state index is 0.239. The van der Waals surface area contributed by atoms with Crippen LogP contribution in [0.1, 0.15) is 100 Å². The summed E-state index contributed by atoms with van der Waals surface area (Å²) in [6.07, 6.45) is 29.1. The molecule has 2 atom stereocenters. The maximum atomic E-state index is 5.46. The zero-order valence-corrected chi connectivity index (χ0v) is 33.3. The van der Waals surface area contributed by atoms with Crippen molar-refractivity contribution in [3.05, 3.63) is 226 Å². The highest BCUT2D eigenvalue weighted by Crippen LogP contribution is 2.52. The van der Waals surface area contributed by atoms with Gasteiger partial charge in [-0.3, -0.25) is 4.99 Å². The van der Waals surface area contributed by atoms with E-state index in [1.54, 1.807) is 0 Å². The molecule has 2 unspecified atom stereocenters. The van der Waals surface area contributed by atoms with Gasteiger partial charge in [0.1, 0.15) is 0 Å². The van der Waals surface area contributed by atoms with Crippen LogP contribution in [-0.2, 0) is 6.42 Å². The average Bonchev–Trinajstić information content (AvgIpc) is 3.71. The van der Waals surface area contributed by atoms with E-state index in [0.717, 1.165) is 50.6 Å². The van der Waals surface area contributed by atoms with Gasteiger partial charge in [0.2, 0.25) is 0 Å². The molecular weight excluding hydrogens is 711 g/mol. The minimum absolute atomic E-state index is 0.239. The fourth-order valence-electron chi connectivity index (χ4n) is 10.9. The highest BCUT2D eigenvalue weighted by Gasteiger charge is 2.38. The van der Waals surface area contributed by atoms with Gasteiger partial charge in [-0.2, -0.15) is 0 Å². The second kappa shape index (κ2) is 14.1. The summed E-state index contributed by atoms with van der Waals surface area (Å²) in [5, 5.41) is 2.71. The fraction of sp³-hybridized carbons (Fsp3) is 0.155. The zero-order chi connectivity index (χ0) is 38.9. The number of benzene rings is 6. The van der Waals surface area contributed by atoms with Gasteiger partial charge in [0, 0.05) is 11.5 Å². The molecule has 0 saturated heterocycles. The number of aliphatic imine (C=N–C) groups is 1. The van der Waals surface area contributed by atoms with Gasteiger partial charge >= 0.3 is 0 Å². The number of nitrogens with zero attached hydrogens (tertiary/aromatic N) is 1. The van der Waals surface area contributed by atoms with Crippen LogP contribution in [0.3, 0.4) is 0 Å². The van der Waals surface area contributed by atoms with E-state index in [2.05, 4.69) is 176 Å². The van der Waals surface area contributed by atoms with E-state index in [1.807, 2.05) is 0 Å². The van der Waals surface area contributed by atoms with Crippen LogP contribution in [0, 0.1) is 0 Å². The van der Waals surface area contributed by atoms with E-state index in [4.69, 9.17) is 4.99 Å². The predicted octanol–water partition coefficient (Wildman–Crippen LogP) is 15.2. The number of hydrogen-bond donors (Lipinski definition) is 0. The number of fused-ring (bicyclic) bond motifs is 9. The van der Waals surface area contributed by atoms with Crippen molar-refractivity contribution < 1.29 is 0 Å².